The minimum atomic E-state index is -1.36. The maximum Gasteiger partial charge on any atom is 0.261 e. The third-order valence-corrected chi connectivity index (χ3v) is 12.2. The predicted octanol–water partition coefficient (Wildman–Crippen LogP) is 3.10. The zero-order chi connectivity index (χ0) is 29.6. The average molecular weight is 657 g/mol. The SMILES string of the molecule is C[N+](C)(CCCCCCC[Si](C)(C)CCCN1C(=O)c2ccccc2C1=O)CCCN1C(=O)c2ccccc2C1=O.[Br-]. The highest BCUT2D eigenvalue weighted by Crippen LogP contribution is 2.26. The van der Waals surface area contributed by atoms with Gasteiger partial charge in [-0.05, 0) is 43.5 Å². The van der Waals surface area contributed by atoms with Gasteiger partial charge in [-0.2, -0.15) is 0 Å². The molecule has 2 aliphatic rings. The number of imide groups is 2. The van der Waals surface area contributed by atoms with Crippen molar-refractivity contribution in [2.45, 2.75) is 70.1 Å². The number of carbonyl (C=O) groups is 4. The molecular weight excluding hydrogens is 610 g/mol. The molecule has 0 saturated heterocycles. The summed E-state index contributed by atoms with van der Waals surface area (Å²) in [6.45, 7) is 7.89. The van der Waals surface area contributed by atoms with Gasteiger partial charge < -0.3 is 21.5 Å². The van der Waals surface area contributed by atoms with Crippen LogP contribution in [0.4, 0.5) is 0 Å². The molecule has 228 valence electrons. The molecule has 0 bridgehead atoms. The number of hydrogen-bond donors (Lipinski definition) is 0. The van der Waals surface area contributed by atoms with Gasteiger partial charge in [-0.15, -0.1) is 0 Å². The standard InChI is InChI=1S/C33H46N3O4Si.BrH/c1-36(2,23-14-20-34-30(37)26-16-8-9-17-27(26)31(34)38)22-12-6-5-7-13-24-41(3,4)25-15-21-35-32(39)28-18-10-11-19-29(28)33(35)40;/h8-11,16-19H,5-7,12-15,20-25H2,1-4H3;1H/q+1;/p-1. The van der Waals surface area contributed by atoms with E-state index in [-0.39, 0.29) is 40.6 Å². The third kappa shape index (κ3) is 8.26. The van der Waals surface area contributed by atoms with E-state index in [0.717, 1.165) is 36.5 Å². The van der Waals surface area contributed by atoms with Crippen molar-refractivity contribution in [2.75, 3.05) is 40.3 Å². The van der Waals surface area contributed by atoms with Crippen molar-refractivity contribution in [3.63, 3.8) is 0 Å². The molecule has 0 fully saturated rings. The summed E-state index contributed by atoms with van der Waals surface area (Å²) in [5.74, 6) is -0.612. The van der Waals surface area contributed by atoms with Gasteiger partial charge in [-0.25, -0.2) is 0 Å². The Hall–Kier alpha value is -2.62. The van der Waals surface area contributed by atoms with Crippen LogP contribution in [0.15, 0.2) is 48.5 Å². The molecular formula is C33H46BrN3O4Si. The molecule has 0 atom stereocenters. The fourth-order valence-corrected chi connectivity index (χ4v) is 8.74. The Kier molecular flexibility index (Phi) is 11.9. The highest BCUT2D eigenvalue weighted by molar-refractivity contribution is 6.77. The molecule has 42 heavy (non-hydrogen) atoms. The van der Waals surface area contributed by atoms with Crippen LogP contribution >= 0.6 is 0 Å². The number of hydrogen-bond acceptors (Lipinski definition) is 4. The molecule has 2 aromatic rings. The fourth-order valence-electron chi connectivity index (χ4n) is 6.17. The molecule has 0 spiro atoms. The lowest BCUT2D eigenvalue weighted by molar-refractivity contribution is -0.890. The van der Waals surface area contributed by atoms with Gasteiger partial charge in [-0.3, -0.25) is 29.0 Å². The molecule has 4 rings (SSSR count). The molecule has 2 aliphatic heterocycles. The van der Waals surface area contributed by atoms with Crippen LogP contribution in [0, 0.1) is 0 Å². The van der Waals surface area contributed by atoms with Crippen molar-refractivity contribution >= 4 is 31.7 Å². The molecule has 0 N–H and O–H groups in total. The molecule has 0 aliphatic carbocycles. The Labute approximate surface area is 262 Å². The van der Waals surface area contributed by atoms with E-state index >= 15 is 0 Å². The molecule has 0 aromatic heterocycles. The quantitative estimate of drug-likeness (QED) is 0.121. The number of benzene rings is 2. The van der Waals surface area contributed by atoms with E-state index in [1.807, 2.05) is 12.1 Å². The molecule has 0 radical (unpaired) electrons. The highest BCUT2D eigenvalue weighted by Gasteiger charge is 2.36. The van der Waals surface area contributed by atoms with Gasteiger partial charge in [0, 0.05) is 27.6 Å². The van der Waals surface area contributed by atoms with E-state index < -0.39 is 8.07 Å². The number of rotatable bonds is 16. The molecule has 0 unspecified atom stereocenters. The number of quaternary nitrogens is 1. The van der Waals surface area contributed by atoms with Gasteiger partial charge in [-0.1, -0.05) is 68.7 Å². The molecule has 2 aromatic carbocycles. The molecule has 7 nitrogen and oxygen atoms in total. The van der Waals surface area contributed by atoms with Crippen LogP contribution in [0.2, 0.25) is 25.2 Å². The second-order valence-electron chi connectivity index (χ2n) is 13.1. The van der Waals surface area contributed by atoms with Crippen molar-refractivity contribution in [2.24, 2.45) is 0 Å². The van der Waals surface area contributed by atoms with E-state index in [9.17, 15) is 19.2 Å². The fraction of sp³-hybridized carbons (Fsp3) is 0.515. The first kappa shape index (κ1) is 33.9. The maximum absolute atomic E-state index is 12.6. The van der Waals surface area contributed by atoms with Crippen LogP contribution in [0.1, 0.15) is 86.4 Å². The predicted molar refractivity (Wildman–Crippen MR) is 165 cm³/mol. The lowest BCUT2D eigenvalue weighted by Crippen LogP contribution is -3.00. The summed E-state index contributed by atoms with van der Waals surface area (Å²) in [4.78, 5) is 53.1. The Balaban J connectivity index is 0.00000484. The lowest BCUT2D eigenvalue weighted by Gasteiger charge is -2.30. The third-order valence-electron chi connectivity index (χ3n) is 8.75. The normalized spacial score (nSPS) is 14.9. The first-order valence-corrected chi connectivity index (χ1v) is 18.6. The smallest absolute Gasteiger partial charge is 0.261 e. The number of halogens is 1. The Morgan fingerprint density at radius 2 is 0.905 bits per heavy atom. The van der Waals surface area contributed by atoms with Gasteiger partial charge in [0.1, 0.15) is 0 Å². The summed E-state index contributed by atoms with van der Waals surface area (Å²) in [7, 11) is 3.11. The second kappa shape index (κ2) is 14.7. The topological polar surface area (TPSA) is 74.8 Å². The van der Waals surface area contributed by atoms with Crippen molar-refractivity contribution in [3.05, 3.63) is 70.8 Å². The van der Waals surface area contributed by atoms with Crippen LogP contribution in [0.3, 0.4) is 0 Å². The highest BCUT2D eigenvalue weighted by atomic mass is 79.9. The van der Waals surface area contributed by atoms with Gasteiger partial charge in [0.25, 0.3) is 23.6 Å². The zero-order valence-electron chi connectivity index (χ0n) is 25.7. The van der Waals surface area contributed by atoms with Crippen LogP contribution in [0.5, 0.6) is 0 Å². The Bertz CT molecular complexity index is 1130. The van der Waals surface area contributed by atoms with Crippen molar-refractivity contribution in [3.8, 4) is 0 Å². The van der Waals surface area contributed by atoms with Gasteiger partial charge in [0.15, 0.2) is 0 Å². The number of nitrogens with zero attached hydrogens (tertiary/aromatic N) is 3. The zero-order valence-corrected chi connectivity index (χ0v) is 28.2. The monoisotopic (exact) mass is 655 g/mol. The minimum absolute atomic E-state index is 0. The van der Waals surface area contributed by atoms with E-state index in [2.05, 4.69) is 27.2 Å². The summed E-state index contributed by atoms with van der Waals surface area (Å²) in [6.07, 6.45) is 7.86. The van der Waals surface area contributed by atoms with Gasteiger partial charge in [0.05, 0.1) is 49.4 Å². The van der Waals surface area contributed by atoms with Crippen molar-refractivity contribution in [1.82, 2.24) is 9.80 Å². The lowest BCUT2D eigenvalue weighted by atomic mass is 10.1. The first-order valence-electron chi connectivity index (χ1n) is 15.2. The summed E-state index contributed by atoms with van der Waals surface area (Å²) < 4.78 is 0.899. The molecule has 2 heterocycles. The molecule has 0 saturated carbocycles. The Morgan fingerprint density at radius 3 is 1.38 bits per heavy atom. The number of fused-ring (bicyclic) bond motifs is 2. The first-order chi connectivity index (χ1) is 19.5. The molecule has 9 heteroatoms. The maximum atomic E-state index is 12.6. The largest absolute Gasteiger partial charge is 1.00 e. The summed E-state index contributed by atoms with van der Waals surface area (Å²) in [5.41, 5.74) is 2.13. The minimum Gasteiger partial charge on any atom is -1.00 e. The number of carbonyl (C=O) groups excluding carboxylic acids is 4. The number of amides is 4. The van der Waals surface area contributed by atoms with Crippen molar-refractivity contribution in [1.29, 1.82) is 0 Å². The van der Waals surface area contributed by atoms with Crippen molar-refractivity contribution < 1.29 is 40.6 Å². The van der Waals surface area contributed by atoms with E-state index in [0.29, 0.717) is 35.3 Å². The van der Waals surface area contributed by atoms with Gasteiger partial charge in [0.2, 0.25) is 0 Å². The average Bonchev–Trinajstić information content (AvgIpc) is 3.33. The summed E-state index contributed by atoms with van der Waals surface area (Å²) in [6, 6.07) is 16.6. The van der Waals surface area contributed by atoms with Crippen LogP contribution in [0.25, 0.3) is 0 Å². The van der Waals surface area contributed by atoms with E-state index in [1.54, 1.807) is 36.4 Å². The summed E-state index contributed by atoms with van der Waals surface area (Å²) in [5, 5.41) is 0. The second-order valence-corrected chi connectivity index (χ2v) is 18.5. The Morgan fingerprint density at radius 1 is 0.548 bits per heavy atom. The van der Waals surface area contributed by atoms with Crippen LogP contribution in [-0.2, 0) is 0 Å². The van der Waals surface area contributed by atoms with E-state index in [4.69, 9.17) is 0 Å². The van der Waals surface area contributed by atoms with Gasteiger partial charge >= 0.3 is 0 Å². The number of unbranched alkanes of at least 4 members (excludes halogenated alkanes) is 4. The van der Waals surface area contributed by atoms with Crippen LogP contribution in [-0.4, -0.2) is 86.3 Å². The summed E-state index contributed by atoms with van der Waals surface area (Å²) >= 11 is 0. The molecule has 4 amide bonds. The van der Waals surface area contributed by atoms with E-state index in [1.165, 1.54) is 47.9 Å². The van der Waals surface area contributed by atoms with Crippen LogP contribution < -0.4 is 17.0 Å².